The van der Waals surface area contributed by atoms with Crippen LogP contribution < -0.4 is 10.6 Å². The minimum Gasteiger partial charge on any atom is -0.368 e. The lowest BCUT2D eigenvalue weighted by molar-refractivity contribution is -0.124. The van der Waals surface area contributed by atoms with Crippen LogP contribution in [0.1, 0.15) is 25.3 Å². The average molecular weight is 262 g/mol. The SMILES string of the molecule is CC(=O)Nc1ccc(C)c(NC(=O)C2CCCO2)c1. The van der Waals surface area contributed by atoms with Crippen LogP contribution in [0.4, 0.5) is 11.4 Å². The Kier molecular flexibility index (Phi) is 4.16. The fraction of sp³-hybridized carbons (Fsp3) is 0.429. The van der Waals surface area contributed by atoms with Gasteiger partial charge in [-0.2, -0.15) is 0 Å². The van der Waals surface area contributed by atoms with Crippen molar-refractivity contribution in [1.29, 1.82) is 0 Å². The summed E-state index contributed by atoms with van der Waals surface area (Å²) in [5, 5.41) is 5.54. The smallest absolute Gasteiger partial charge is 0.253 e. The first-order chi connectivity index (χ1) is 9.06. The Morgan fingerprint density at radius 2 is 2.11 bits per heavy atom. The number of carbonyl (C=O) groups excluding carboxylic acids is 2. The second-order valence-electron chi connectivity index (χ2n) is 4.70. The molecule has 2 N–H and O–H groups in total. The van der Waals surface area contributed by atoms with E-state index >= 15 is 0 Å². The van der Waals surface area contributed by atoms with Gasteiger partial charge < -0.3 is 15.4 Å². The zero-order valence-corrected chi connectivity index (χ0v) is 11.2. The van der Waals surface area contributed by atoms with Gasteiger partial charge in [0.25, 0.3) is 5.91 Å². The van der Waals surface area contributed by atoms with Crippen molar-refractivity contribution >= 4 is 23.2 Å². The van der Waals surface area contributed by atoms with Gasteiger partial charge in [0.1, 0.15) is 6.10 Å². The topological polar surface area (TPSA) is 67.4 Å². The van der Waals surface area contributed by atoms with Gasteiger partial charge in [0.05, 0.1) is 0 Å². The Labute approximate surface area is 112 Å². The monoisotopic (exact) mass is 262 g/mol. The van der Waals surface area contributed by atoms with Crippen LogP contribution in [-0.2, 0) is 14.3 Å². The predicted molar refractivity (Wildman–Crippen MR) is 73.1 cm³/mol. The highest BCUT2D eigenvalue weighted by molar-refractivity contribution is 5.96. The highest BCUT2D eigenvalue weighted by Crippen LogP contribution is 2.22. The van der Waals surface area contributed by atoms with Crippen molar-refractivity contribution in [2.75, 3.05) is 17.2 Å². The molecule has 19 heavy (non-hydrogen) atoms. The highest BCUT2D eigenvalue weighted by atomic mass is 16.5. The van der Waals surface area contributed by atoms with Crippen LogP contribution in [0.25, 0.3) is 0 Å². The largest absolute Gasteiger partial charge is 0.368 e. The van der Waals surface area contributed by atoms with Crippen LogP contribution >= 0.6 is 0 Å². The van der Waals surface area contributed by atoms with E-state index in [2.05, 4.69) is 10.6 Å². The van der Waals surface area contributed by atoms with Gasteiger partial charge in [-0.3, -0.25) is 9.59 Å². The summed E-state index contributed by atoms with van der Waals surface area (Å²) >= 11 is 0. The number of hydrogen-bond acceptors (Lipinski definition) is 3. The van der Waals surface area contributed by atoms with Crippen molar-refractivity contribution in [2.24, 2.45) is 0 Å². The minimum absolute atomic E-state index is 0.124. The molecule has 1 heterocycles. The molecule has 1 saturated heterocycles. The Morgan fingerprint density at radius 1 is 1.32 bits per heavy atom. The van der Waals surface area contributed by atoms with E-state index in [0.29, 0.717) is 18.0 Å². The van der Waals surface area contributed by atoms with Gasteiger partial charge in [-0.1, -0.05) is 6.07 Å². The summed E-state index contributed by atoms with van der Waals surface area (Å²) in [5.41, 5.74) is 2.31. The van der Waals surface area contributed by atoms with E-state index in [1.54, 1.807) is 12.1 Å². The number of anilines is 2. The summed E-state index contributed by atoms with van der Waals surface area (Å²) in [7, 11) is 0. The molecule has 1 aromatic rings. The molecule has 0 aliphatic carbocycles. The third-order valence-electron chi connectivity index (χ3n) is 3.04. The fourth-order valence-electron chi connectivity index (χ4n) is 2.04. The maximum atomic E-state index is 12.0. The van der Waals surface area contributed by atoms with Crippen molar-refractivity contribution in [3.05, 3.63) is 23.8 Å². The number of rotatable bonds is 3. The third kappa shape index (κ3) is 3.54. The molecular formula is C14H18N2O3. The molecule has 2 rings (SSSR count). The maximum absolute atomic E-state index is 12.0. The van der Waals surface area contributed by atoms with Gasteiger partial charge in [0, 0.05) is 24.9 Å². The number of aryl methyl sites for hydroxylation is 1. The van der Waals surface area contributed by atoms with E-state index in [1.165, 1.54) is 6.92 Å². The summed E-state index contributed by atoms with van der Waals surface area (Å²) in [6.07, 6.45) is 1.32. The number of ether oxygens (including phenoxy) is 1. The average Bonchev–Trinajstić information content (AvgIpc) is 2.86. The van der Waals surface area contributed by atoms with E-state index in [4.69, 9.17) is 4.74 Å². The fourth-order valence-corrected chi connectivity index (χ4v) is 2.04. The Bertz CT molecular complexity index is 493. The zero-order valence-electron chi connectivity index (χ0n) is 11.2. The van der Waals surface area contributed by atoms with Gasteiger partial charge in [-0.25, -0.2) is 0 Å². The van der Waals surface area contributed by atoms with Crippen LogP contribution in [0.2, 0.25) is 0 Å². The lowest BCUT2D eigenvalue weighted by Crippen LogP contribution is -2.27. The molecule has 0 bridgehead atoms. The first-order valence-corrected chi connectivity index (χ1v) is 6.37. The first kappa shape index (κ1) is 13.5. The van der Waals surface area contributed by atoms with Gasteiger partial charge in [-0.05, 0) is 37.5 Å². The summed E-state index contributed by atoms with van der Waals surface area (Å²) in [5.74, 6) is -0.263. The van der Waals surface area contributed by atoms with E-state index < -0.39 is 0 Å². The lowest BCUT2D eigenvalue weighted by atomic mass is 10.1. The maximum Gasteiger partial charge on any atom is 0.253 e. The molecule has 1 aliphatic heterocycles. The summed E-state index contributed by atoms with van der Waals surface area (Å²) in [4.78, 5) is 23.0. The quantitative estimate of drug-likeness (QED) is 0.876. The van der Waals surface area contributed by atoms with Crippen molar-refractivity contribution in [1.82, 2.24) is 0 Å². The molecule has 1 atom stereocenters. The molecule has 5 heteroatoms. The van der Waals surface area contributed by atoms with Crippen molar-refractivity contribution in [3.8, 4) is 0 Å². The molecular weight excluding hydrogens is 244 g/mol. The molecule has 5 nitrogen and oxygen atoms in total. The van der Waals surface area contributed by atoms with Crippen molar-refractivity contribution < 1.29 is 14.3 Å². The second-order valence-corrected chi connectivity index (χ2v) is 4.70. The molecule has 1 aliphatic rings. The van der Waals surface area contributed by atoms with Crippen LogP contribution in [0.5, 0.6) is 0 Å². The predicted octanol–water partition coefficient (Wildman–Crippen LogP) is 2.07. The van der Waals surface area contributed by atoms with Crippen LogP contribution in [-0.4, -0.2) is 24.5 Å². The standard InChI is InChI=1S/C14H18N2O3/c1-9-5-6-11(15-10(2)17)8-12(9)16-14(18)13-4-3-7-19-13/h5-6,8,13H,3-4,7H2,1-2H3,(H,15,17)(H,16,18). The highest BCUT2D eigenvalue weighted by Gasteiger charge is 2.23. The number of amides is 2. The van der Waals surface area contributed by atoms with Gasteiger partial charge >= 0.3 is 0 Å². The normalized spacial score (nSPS) is 18.1. The summed E-state index contributed by atoms with van der Waals surface area (Å²) < 4.78 is 5.34. The van der Waals surface area contributed by atoms with Gasteiger partial charge in [0.2, 0.25) is 5.91 Å². The third-order valence-corrected chi connectivity index (χ3v) is 3.04. The first-order valence-electron chi connectivity index (χ1n) is 6.37. The number of hydrogen-bond donors (Lipinski definition) is 2. The number of benzene rings is 1. The molecule has 0 aromatic heterocycles. The zero-order chi connectivity index (χ0) is 13.8. The summed E-state index contributed by atoms with van der Waals surface area (Å²) in [6, 6.07) is 5.42. The molecule has 0 spiro atoms. The van der Waals surface area contributed by atoms with E-state index in [9.17, 15) is 9.59 Å². The van der Waals surface area contributed by atoms with Crippen LogP contribution in [0, 0.1) is 6.92 Å². The van der Waals surface area contributed by atoms with Gasteiger partial charge in [-0.15, -0.1) is 0 Å². The molecule has 0 saturated carbocycles. The van der Waals surface area contributed by atoms with Crippen LogP contribution in [0.3, 0.4) is 0 Å². The van der Waals surface area contributed by atoms with Crippen LogP contribution in [0.15, 0.2) is 18.2 Å². The van der Waals surface area contributed by atoms with Gasteiger partial charge in [0.15, 0.2) is 0 Å². The molecule has 1 fully saturated rings. The minimum atomic E-state index is -0.358. The van der Waals surface area contributed by atoms with E-state index in [-0.39, 0.29) is 17.9 Å². The van der Waals surface area contributed by atoms with E-state index in [1.807, 2.05) is 13.0 Å². The number of carbonyl (C=O) groups is 2. The number of nitrogens with one attached hydrogen (secondary N) is 2. The summed E-state index contributed by atoms with van der Waals surface area (Å²) in [6.45, 7) is 4.00. The second kappa shape index (κ2) is 5.84. The lowest BCUT2D eigenvalue weighted by Gasteiger charge is -2.13. The molecule has 2 amide bonds. The van der Waals surface area contributed by atoms with E-state index in [0.717, 1.165) is 18.4 Å². The molecule has 0 radical (unpaired) electrons. The van der Waals surface area contributed by atoms with Crippen molar-refractivity contribution in [2.45, 2.75) is 32.8 Å². The molecule has 1 unspecified atom stereocenters. The molecule has 102 valence electrons. The Morgan fingerprint density at radius 3 is 2.74 bits per heavy atom. The van der Waals surface area contributed by atoms with Crippen molar-refractivity contribution in [3.63, 3.8) is 0 Å². The molecule has 1 aromatic carbocycles. The Hall–Kier alpha value is -1.88. The Balaban J connectivity index is 2.09.